The Morgan fingerprint density at radius 2 is 1.48 bits per heavy atom. The van der Waals surface area contributed by atoms with E-state index in [0.29, 0.717) is 41.1 Å². The van der Waals surface area contributed by atoms with E-state index >= 15 is 0 Å². The topological polar surface area (TPSA) is 102 Å². The third-order valence-corrected chi connectivity index (χ3v) is 11.4. The Labute approximate surface area is 274 Å². The van der Waals surface area contributed by atoms with Crippen LogP contribution in [0.1, 0.15) is 123 Å². The van der Waals surface area contributed by atoms with Crippen LogP contribution in [-0.4, -0.2) is 52.6 Å². The van der Waals surface area contributed by atoms with E-state index in [2.05, 4.69) is 24.1 Å². The number of nitrogens with one attached hydrogen (secondary N) is 1. The summed E-state index contributed by atoms with van der Waals surface area (Å²) in [5, 5.41) is 21.1. The Hall–Kier alpha value is -3.42. The zero-order chi connectivity index (χ0) is 32.4. The van der Waals surface area contributed by atoms with E-state index < -0.39 is 0 Å². The number of hydrogen-bond donors (Lipinski definition) is 2. The summed E-state index contributed by atoms with van der Waals surface area (Å²) >= 11 is 0. The van der Waals surface area contributed by atoms with Crippen LogP contribution in [0.15, 0.2) is 40.2 Å². The maximum absolute atomic E-state index is 14.2. The average molecular weight is 629 g/mol. The molecule has 1 heterocycles. The van der Waals surface area contributed by atoms with E-state index in [-0.39, 0.29) is 46.1 Å². The van der Waals surface area contributed by atoms with Crippen LogP contribution in [0.3, 0.4) is 0 Å². The van der Waals surface area contributed by atoms with E-state index in [9.17, 15) is 19.5 Å². The van der Waals surface area contributed by atoms with Crippen molar-refractivity contribution >= 4 is 40.3 Å². The second-order valence-corrected chi connectivity index (χ2v) is 14.2. The summed E-state index contributed by atoms with van der Waals surface area (Å²) < 4.78 is 0. The second-order valence-electron chi connectivity index (χ2n) is 14.2. The summed E-state index contributed by atoms with van der Waals surface area (Å²) in [6.07, 6.45) is 16.6. The number of rotatable bonds is 10. The monoisotopic (exact) mass is 628 g/mol. The van der Waals surface area contributed by atoms with Gasteiger partial charge in [0.25, 0.3) is 5.91 Å². The van der Waals surface area contributed by atoms with Crippen molar-refractivity contribution in [1.82, 2.24) is 5.01 Å². The molecule has 0 radical (unpaired) electrons. The first-order valence-electron chi connectivity index (χ1n) is 18.1. The Balaban J connectivity index is 1.32. The quantitative estimate of drug-likeness (QED) is 0.256. The number of anilines is 2. The van der Waals surface area contributed by atoms with Gasteiger partial charge in [0.05, 0.1) is 34.2 Å². The molecule has 5 aliphatic rings. The van der Waals surface area contributed by atoms with E-state index in [4.69, 9.17) is 5.10 Å². The zero-order valence-electron chi connectivity index (χ0n) is 28.1. The number of benzene rings is 1. The van der Waals surface area contributed by atoms with Crippen molar-refractivity contribution in [3.63, 3.8) is 0 Å². The Bertz CT molecular complexity index is 1420. The number of nitrogens with zero attached hydrogens (tertiary/aromatic N) is 3. The first-order valence-corrected chi connectivity index (χ1v) is 18.1. The van der Waals surface area contributed by atoms with Crippen molar-refractivity contribution in [1.29, 1.82) is 0 Å². The largest absolute Gasteiger partial charge is 0.506 e. The summed E-state index contributed by atoms with van der Waals surface area (Å²) in [5.74, 6) is 0.334. The van der Waals surface area contributed by atoms with Gasteiger partial charge in [0.1, 0.15) is 5.76 Å². The smallest absolute Gasteiger partial charge is 0.277 e. The van der Waals surface area contributed by atoms with Gasteiger partial charge >= 0.3 is 0 Å². The highest BCUT2D eigenvalue weighted by Crippen LogP contribution is 2.45. The van der Waals surface area contributed by atoms with Crippen LogP contribution >= 0.6 is 0 Å². The molecule has 0 unspecified atom stereocenters. The van der Waals surface area contributed by atoms with Gasteiger partial charge in [-0.15, -0.1) is 0 Å². The van der Waals surface area contributed by atoms with Gasteiger partial charge in [0.15, 0.2) is 0 Å². The molecule has 1 aromatic rings. The molecule has 2 amide bonds. The highest BCUT2D eigenvalue weighted by atomic mass is 16.3. The standard InChI is InChI=1S/C38H52N4O4/c1-4-41(5-2)28-20-21-29(30(23-28)39-31(43)22-25-14-12-13-15-25)33-36(44)34(37(33)45)32-24(3)40-42(38(32)46)35(26-16-8-6-9-17-26)27-18-10-7-11-19-27/h20-21,23,25-27,35,44H,4-19,22H2,1-3H3,(H,39,43). The number of hydrogen-bond acceptors (Lipinski definition) is 6. The molecule has 4 aliphatic carbocycles. The summed E-state index contributed by atoms with van der Waals surface area (Å²) in [5.41, 5.74) is 2.89. The first kappa shape index (κ1) is 32.5. The minimum absolute atomic E-state index is 0.0382. The molecule has 1 aliphatic heterocycles. The zero-order valence-corrected chi connectivity index (χ0v) is 28.1. The fraction of sp³-hybridized carbons (Fsp3) is 0.632. The lowest BCUT2D eigenvalue weighted by Crippen LogP contribution is -2.46. The van der Waals surface area contributed by atoms with Crippen molar-refractivity contribution < 1.29 is 19.5 Å². The summed E-state index contributed by atoms with van der Waals surface area (Å²) in [7, 11) is 0. The normalized spacial score (nSPS) is 23.4. The molecule has 46 heavy (non-hydrogen) atoms. The number of carbonyl (C=O) groups excluding carboxylic acids is 3. The summed E-state index contributed by atoms with van der Waals surface area (Å²) in [6.45, 7) is 7.54. The molecular weight excluding hydrogens is 576 g/mol. The van der Waals surface area contributed by atoms with Gasteiger partial charge in [0.2, 0.25) is 11.7 Å². The van der Waals surface area contributed by atoms with Crippen molar-refractivity contribution in [2.24, 2.45) is 22.9 Å². The predicted molar refractivity (Wildman–Crippen MR) is 184 cm³/mol. The molecule has 0 bridgehead atoms. The Kier molecular flexibility index (Phi) is 10.00. The molecule has 248 valence electrons. The fourth-order valence-corrected chi connectivity index (χ4v) is 8.95. The number of allylic oxidation sites excluding steroid dienone is 2. The van der Waals surface area contributed by atoms with Crippen LogP contribution in [0.2, 0.25) is 0 Å². The molecule has 3 fully saturated rings. The van der Waals surface area contributed by atoms with Gasteiger partial charge in [-0.2, -0.15) is 5.10 Å². The van der Waals surface area contributed by atoms with E-state index in [1.54, 1.807) is 11.9 Å². The van der Waals surface area contributed by atoms with Crippen LogP contribution < -0.4 is 10.2 Å². The molecule has 3 saturated carbocycles. The van der Waals surface area contributed by atoms with Gasteiger partial charge in [-0.1, -0.05) is 51.4 Å². The van der Waals surface area contributed by atoms with Crippen molar-refractivity contribution in [3.05, 3.63) is 40.7 Å². The molecule has 1 aromatic carbocycles. The molecule has 8 heteroatoms. The Morgan fingerprint density at radius 1 is 0.891 bits per heavy atom. The second kappa shape index (κ2) is 14.1. The molecule has 8 nitrogen and oxygen atoms in total. The fourth-order valence-electron chi connectivity index (χ4n) is 8.95. The third-order valence-electron chi connectivity index (χ3n) is 11.4. The number of ketones is 1. The van der Waals surface area contributed by atoms with Crippen molar-refractivity contribution in [2.75, 3.05) is 23.3 Å². The van der Waals surface area contributed by atoms with Crippen LogP contribution in [-0.2, 0) is 14.4 Å². The number of carbonyl (C=O) groups is 3. The SMILES string of the molecule is CCN(CC)c1ccc(C2=C(O)C(=C3C(=O)N(C(C4CCCCC4)C4CCCCC4)N=C3C)C2=O)c(NC(=O)CC2CCCC2)c1. The van der Waals surface area contributed by atoms with E-state index in [1.165, 1.54) is 38.5 Å². The van der Waals surface area contributed by atoms with Gasteiger partial charge in [-0.3, -0.25) is 14.4 Å². The molecular formula is C38H52N4O4. The summed E-state index contributed by atoms with van der Waals surface area (Å²) in [4.78, 5) is 43.5. The van der Waals surface area contributed by atoms with Crippen LogP contribution in [0.5, 0.6) is 0 Å². The number of aliphatic hydroxyl groups excluding tert-OH is 1. The molecule has 0 atom stereocenters. The van der Waals surface area contributed by atoms with Gasteiger partial charge < -0.3 is 15.3 Å². The van der Waals surface area contributed by atoms with Crippen LogP contribution in [0.25, 0.3) is 5.57 Å². The maximum Gasteiger partial charge on any atom is 0.277 e. The molecule has 2 N–H and O–H groups in total. The van der Waals surface area contributed by atoms with Gasteiger partial charge in [0, 0.05) is 30.8 Å². The van der Waals surface area contributed by atoms with Crippen molar-refractivity contribution in [2.45, 2.75) is 123 Å². The first-order chi connectivity index (χ1) is 22.3. The predicted octanol–water partition coefficient (Wildman–Crippen LogP) is 7.95. The highest BCUT2D eigenvalue weighted by Gasteiger charge is 2.47. The van der Waals surface area contributed by atoms with E-state index in [1.807, 2.05) is 18.2 Å². The minimum atomic E-state index is -0.369. The number of aliphatic hydroxyl groups is 1. The lowest BCUT2D eigenvalue weighted by atomic mass is 9.73. The average Bonchev–Trinajstić information content (AvgIpc) is 3.67. The highest BCUT2D eigenvalue weighted by molar-refractivity contribution is 6.44. The minimum Gasteiger partial charge on any atom is -0.506 e. The maximum atomic E-state index is 14.2. The van der Waals surface area contributed by atoms with E-state index in [0.717, 1.165) is 70.1 Å². The molecule has 0 aromatic heterocycles. The van der Waals surface area contributed by atoms with Gasteiger partial charge in [-0.05, 0) is 95.2 Å². The Morgan fingerprint density at radius 3 is 2.04 bits per heavy atom. The molecule has 0 saturated heterocycles. The number of hydrazone groups is 1. The third kappa shape index (κ3) is 6.28. The lowest BCUT2D eigenvalue weighted by Gasteiger charge is -2.41. The summed E-state index contributed by atoms with van der Waals surface area (Å²) in [6, 6.07) is 5.69. The van der Waals surface area contributed by atoms with Crippen LogP contribution in [0, 0.1) is 17.8 Å². The number of Topliss-reactive ketones (excluding diaryl/α,β-unsaturated/α-hetero) is 1. The van der Waals surface area contributed by atoms with Crippen LogP contribution in [0.4, 0.5) is 11.4 Å². The number of amides is 2. The lowest BCUT2D eigenvalue weighted by molar-refractivity contribution is -0.131. The molecule has 6 rings (SSSR count). The van der Waals surface area contributed by atoms with Crippen molar-refractivity contribution in [3.8, 4) is 0 Å². The van der Waals surface area contributed by atoms with Gasteiger partial charge in [-0.25, -0.2) is 5.01 Å². The molecule has 0 spiro atoms.